The molecule has 156 valence electrons. The second-order valence-corrected chi connectivity index (χ2v) is 8.46. The number of aliphatic hydroxyl groups is 3. The number of carboxylic acid groups (broad SMARTS) is 1. The van der Waals surface area contributed by atoms with Gasteiger partial charge >= 0.3 is 5.97 Å². The topological polar surface area (TPSA) is 107 Å². The molecule has 2 aliphatic rings. The Morgan fingerprint density at radius 2 is 1.93 bits per heavy atom. The lowest BCUT2D eigenvalue weighted by atomic mass is 9.89. The lowest BCUT2D eigenvalue weighted by Crippen LogP contribution is -2.18. The Kier molecular flexibility index (Phi) is 9.22. The Morgan fingerprint density at radius 3 is 2.63 bits per heavy atom. The molecule has 0 aromatic heterocycles. The molecule has 2 saturated carbocycles. The zero-order valence-corrected chi connectivity index (χ0v) is 16.4. The van der Waals surface area contributed by atoms with Gasteiger partial charge in [-0.05, 0) is 63.2 Å². The Labute approximate surface area is 162 Å². The molecular formula is C21H36O6. The molecule has 0 bridgehead atoms. The molecule has 0 spiro atoms. The Hall–Kier alpha value is -0.950. The molecule has 0 amide bonds. The SMILES string of the molecule is CC(O)CCCCC(O)C=C[C@H]1[C@@H]2CC(CCOCC(=O)O)C[C@H]2C[C@@H]1O. The summed E-state index contributed by atoms with van der Waals surface area (Å²) in [7, 11) is 0. The van der Waals surface area contributed by atoms with E-state index in [9.17, 15) is 20.1 Å². The zero-order chi connectivity index (χ0) is 19.8. The third kappa shape index (κ3) is 7.53. The normalized spacial score (nSPS) is 32.7. The lowest BCUT2D eigenvalue weighted by Gasteiger charge is -2.19. The number of carbonyl (C=O) groups is 1. The van der Waals surface area contributed by atoms with Crippen molar-refractivity contribution in [2.24, 2.45) is 23.7 Å². The molecule has 3 unspecified atom stereocenters. The first kappa shape index (κ1) is 22.3. The number of fused-ring (bicyclic) bond motifs is 1. The molecule has 2 fully saturated rings. The summed E-state index contributed by atoms with van der Waals surface area (Å²) in [5, 5.41) is 38.4. The van der Waals surface area contributed by atoms with E-state index < -0.39 is 12.1 Å². The van der Waals surface area contributed by atoms with E-state index in [1.54, 1.807) is 6.92 Å². The van der Waals surface area contributed by atoms with E-state index >= 15 is 0 Å². The van der Waals surface area contributed by atoms with Gasteiger partial charge < -0.3 is 25.2 Å². The van der Waals surface area contributed by atoms with Gasteiger partial charge in [0.2, 0.25) is 0 Å². The minimum Gasteiger partial charge on any atom is -0.480 e. The largest absolute Gasteiger partial charge is 0.480 e. The molecular weight excluding hydrogens is 348 g/mol. The number of carboxylic acids is 1. The summed E-state index contributed by atoms with van der Waals surface area (Å²) >= 11 is 0. The molecule has 0 aromatic rings. The molecule has 0 radical (unpaired) electrons. The number of aliphatic hydroxyl groups excluding tert-OH is 3. The predicted molar refractivity (Wildman–Crippen MR) is 102 cm³/mol. The van der Waals surface area contributed by atoms with Crippen LogP contribution in [0, 0.1) is 23.7 Å². The van der Waals surface area contributed by atoms with Crippen LogP contribution in [-0.4, -0.2) is 57.9 Å². The van der Waals surface area contributed by atoms with Gasteiger partial charge in [-0.25, -0.2) is 4.79 Å². The van der Waals surface area contributed by atoms with E-state index in [4.69, 9.17) is 9.84 Å². The van der Waals surface area contributed by atoms with Crippen molar-refractivity contribution in [3.05, 3.63) is 12.2 Å². The second-order valence-electron chi connectivity index (χ2n) is 8.46. The number of rotatable bonds is 12. The number of hydrogen-bond donors (Lipinski definition) is 4. The highest BCUT2D eigenvalue weighted by atomic mass is 16.5. The van der Waals surface area contributed by atoms with Crippen molar-refractivity contribution >= 4 is 5.97 Å². The van der Waals surface area contributed by atoms with Crippen LogP contribution >= 0.6 is 0 Å². The third-order valence-corrected chi connectivity index (χ3v) is 6.15. The third-order valence-electron chi connectivity index (χ3n) is 6.15. The maximum Gasteiger partial charge on any atom is 0.329 e. The predicted octanol–water partition coefficient (Wildman–Crippen LogP) is 2.36. The van der Waals surface area contributed by atoms with E-state index in [-0.39, 0.29) is 24.7 Å². The van der Waals surface area contributed by atoms with Gasteiger partial charge in [-0.15, -0.1) is 0 Å². The molecule has 2 rings (SSSR count). The Balaban J connectivity index is 1.72. The monoisotopic (exact) mass is 384 g/mol. The van der Waals surface area contributed by atoms with Gasteiger partial charge in [0.1, 0.15) is 6.61 Å². The van der Waals surface area contributed by atoms with Crippen LogP contribution in [0.25, 0.3) is 0 Å². The average molecular weight is 385 g/mol. The smallest absolute Gasteiger partial charge is 0.329 e. The maximum atomic E-state index is 10.5. The number of hydrogen-bond acceptors (Lipinski definition) is 5. The summed E-state index contributed by atoms with van der Waals surface area (Å²) in [4.78, 5) is 10.5. The van der Waals surface area contributed by atoms with Gasteiger partial charge in [-0.1, -0.05) is 25.0 Å². The summed E-state index contributed by atoms with van der Waals surface area (Å²) < 4.78 is 5.16. The highest BCUT2D eigenvalue weighted by Crippen LogP contribution is 2.51. The van der Waals surface area contributed by atoms with Gasteiger partial charge in [0.25, 0.3) is 0 Å². The molecule has 4 N–H and O–H groups in total. The van der Waals surface area contributed by atoms with Crippen molar-refractivity contribution in [2.75, 3.05) is 13.2 Å². The van der Waals surface area contributed by atoms with Crippen molar-refractivity contribution in [1.82, 2.24) is 0 Å². The van der Waals surface area contributed by atoms with Crippen molar-refractivity contribution in [2.45, 2.75) is 76.6 Å². The highest BCUT2D eigenvalue weighted by Gasteiger charge is 2.46. The standard InChI is InChI=1S/C21H36O6/c1-14(22)4-2-3-5-17(23)6-7-18-19-11-15(8-9-27-13-21(25)26)10-16(19)12-20(18)24/h6-7,14-20,22-24H,2-5,8-13H2,1H3,(H,25,26)/t14?,15?,16-,17?,18-,19+,20-/m0/s1. The van der Waals surface area contributed by atoms with Crippen LogP contribution < -0.4 is 0 Å². The van der Waals surface area contributed by atoms with Crippen molar-refractivity contribution in [3.8, 4) is 0 Å². The number of aliphatic carboxylic acids is 1. The van der Waals surface area contributed by atoms with Crippen molar-refractivity contribution in [3.63, 3.8) is 0 Å². The van der Waals surface area contributed by atoms with E-state index in [0.717, 1.165) is 44.9 Å². The summed E-state index contributed by atoms with van der Waals surface area (Å²) in [6.07, 6.45) is 9.78. The maximum absolute atomic E-state index is 10.5. The van der Waals surface area contributed by atoms with Gasteiger partial charge in [-0.2, -0.15) is 0 Å². The van der Waals surface area contributed by atoms with Crippen molar-refractivity contribution in [1.29, 1.82) is 0 Å². The molecule has 0 saturated heterocycles. The van der Waals surface area contributed by atoms with E-state index in [0.29, 0.717) is 30.8 Å². The van der Waals surface area contributed by atoms with E-state index in [2.05, 4.69) is 0 Å². The van der Waals surface area contributed by atoms with Crippen LogP contribution in [0.4, 0.5) is 0 Å². The van der Waals surface area contributed by atoms with Crippen molar-refractivity contribution < 1.29 is 30.0 Å². The summed E-state index contributed by atoms with van der Waals surface area (Å²) in [5.41, 5.74) is 0. The van der Waals surface area contributed by atoms with Crippen LogP contribution in [0.15, 0.2) is 12.2 Å². The second kappa shape index (κ2) is 11.1. The van der Waals surface area contributed by atoms with Crippen LogP contribution in [0.2, 0.25) is 0 Å². The number of ether oxygens (including phenoxy) is 1. The minimum atomic E-state index is -0.934. The first-order valence-corrected chi connectivity index (χ1v) is 10.4. The van der Waals surface area contributed by atoms with Gasteiger partial charge in [0, 0.05) is 12.5 Å². The Morgan fingerprint density at radius 1 is 1.19 bits per heavy atom. The fourth-order valence-electron chi connectivity index (χ4n) is 4.83. The quantitative estimate of drug-likeness (QED) is 0.304. The summed E-state index contributed by atoms with van der Waals surface area (Å²) in [6.45, 7) is 2.02. The fourth-order valence-corrected chi connectivity index (χ4v) is 4.83. The summed E-state index contributed by atoms with van der Waals surface area (Å²) in [6, 6.07) is 0. The molecule has 0 aromatic carbocycles. The average Bonchev–Trinajstić information content (AvgIpc) is 3.10. The summed E-state index contributed by atoms with van der Waals surface area (Å²) in [5.74, 6) is 0.663. The van der Waals surface area contributed by atoms with Crippen LogP contribution in [0.5, 0.6) is 0 Å². The van der Waals surface area contributed by atoms with Gasteiger partial charge in [0.05, 0.1) is 18.3 Å². The fraction of sp³-hybridized carbons (Fsp3) is 0.857. The lowest BCUT2D eigenvalue weighted by molar-refractivity contribution is -0.142. The van der Waals surface area contributed by atoms with E-state index in [1.165, 1.54) is 0 Å². The van der Waals surface area contributed by atoms with Crippen LogP contribution in [-0.2, 0) is 9.53 Å². The minimum absolute atomic E-state index is 0.104. The van der Waals surface area contributed by atoms with Crippen LogP contribution in [0.3, 0.4) is 0 Å². The van der Waals surface area contributed by atoms with Gasteiger partial charge in [-0.3, -0.25) is 0 Å². The molecule has 27 heavy (non-hydrogen) atoms. The zero-order valence-electron chi connectivity index (χ0n) is 16.4. The first-order valence-electron chi connectivity index (χ1n) is 10.4. The molecule has 0 heterocycles. The van der Waals surface area contributed by atoms with Crippen LogP contribution in [0.1, 0.15) is 58.3 Å². The molecule has 7 atom stereocenters. The number of unbranched alkanes of at least 4 members (excludes halogenated alkanes) is 1. The van der Waals surface area contributed by atoms with E-state index in [1.807, 2.05) is 12.2 Å². The highest BCUT2D eigenvalue weighted by molar-refractivity contribution is 5.67. The first-order chi connectivity index (χ1) is 12.9. The molecule has 0 aliphatic heterocycles. The molecule has 2 aliphatic carbocycles. The van der Waals surface area contributed by atoms with Gasteiger partial charge in [0.15, 0.2) is 0 Å². The molecule has 6 heteroatoms. The Bertz CT molecular complexity index is 477. The molecule has 6 nitrogen and oxygen atoms in total.